The zero-order valence-corrected chi connectivity index (χ0v) is 21.6. The van der Waals surface area contributed by atoms with Gasteiger partial charge in [0.1, 0.15) is 24.7 Å². The lowest BCUT2D eigenvalue weighted by Gasteiger charge is -2.37. The number of ether oxygens (including phenoxy) is 2. The highest BCUT2D eigenvalue weighted by Crippen LogP contribution is 2.29. The molecule has 1 aromatic heterocycles. The summed E-state index contributed by atoms with van der Waals surface area (Å²) >= 11 is 0. The Morgan fingerprint density at radius 1 is 0.947 bits per heavy atom. The third-order valence-electron chi connectivity index (χ3n) is 7.04. The van der Waals surface area contributed by atoms with E-state index in [2.05, 4.69) is 22.4 Å². The molecule has 1 unspecified atom stereocenters. The molecule has 2 aliphatic rings. The van der Waals surface area contributed by atoms with E-state index < -0.39 is 0 Å². The number of rotatable bonds is 4. The van der Waals surface area contributed by atoms with Crippen molar-refractivity contribution in [3.63, 3.8) is 0 Å². The summed E-state index contributed by atoms with van der Waals surface area (Å²) in [5, 5.41) is 3.26. The van der Waals surface area contributed by atoms with Gasteiger partial charge in [0.05, 0.1) is 24.5 Å². The van der Waals surface area contributed by atoms with E-state index in [0.717, 1.165) is 25.7 Å². The molecule has 1 N–H and O–H groups in total. The second-order valence-electron chi connectivity index (χ2n) is 9.63. The van der Waals surface area contributed by atoms with Gasteiger partial charge in [-0.25, -0.2) is 4.98 Å². The zero-order valence-electron chi connectivity index (χ0n) is 21.6. The molecule has 8 nitrogen and oxygen atoms in total. The van der Waals surface area contributed by atoms with E-state index in [9.17, 15) is 9.59 Å². The largest absolute Gasteiger partial charge is 0.489 e. The minimum absolute atomic E-state index is 0.00506. The van der Waals surface area contributed by atoms with Gasteiger partial charge in [0.2, 0.25) is 5.91 Å². The van der Waals surface area contributed by atoms with E-state index in [1.807, 2.05) is 47.4 Å². The van der Waals surface area contributed by atoms with E-state index in [1.165, 1.54) is 5.56 Å². The number of likely N-dealkylation sites (tertiary alicyclic amines) is 1. The average molecular weight is 515 g/mol. The molecule has 2 amide bonds. The second-order valence-corrected chi connectivity index (χ2v) is 9.63. The maximum absolute atomic E-state index is 13.8. The fourth-order valence-electron chi connectivity index (χ4n) is 5.09. The summed E-state index contributed by atoms with van der Waals surface area (Å²) in [5.41, 5.74) is 2.32. The Morgan fingerprint density at radius 3 is 2.68 bits per heavy atom. The number of nitrogens with one attached hydrogen (secondary N) is 1. The van der Waals surface area contributed by atoms with E-state index >= 15 is 0 Å². The average Bonchev–Trinajstić information content (AvgIpc) is 2.96. The maximum Gasteiger partial charge on any atom is 0.258 e. The molecule has 1 saturated heterocycles. The van der Waals surface area contributed by atoms with Crippen LogP contribution in [0.5, 0.6) is 5.75 Å². The number of pyridine rings is 1. The number of anilines is 2. The molecule has 0 spiro atoms. The fourth-order valence-corrected chi connectivity index (χ4v) is 5.09. The Bertz CT molecular complexity index is 1240. The highest BCUT2D eigenvalue weighted by Gasteiger charge is 2.30. The molecule has 0 aliphatic carbocycles. The van der Waals surface area contributed by atoms with Crippen molar-refractivity contribution in [2.75, 3.05) is 44.8 Å². The van der Waals surface area contributed by atoms with Gasteiger partial charge < -0.3 is 24.6 Å². The molecule has 198 valence electrons. The van der Waals surface area contributed by atoms with Gasteiger partial charge in [-0.15, -0.1) is 0 Å². The van der Waals surface area contributed by atoms with Crippen LogP contribution in [0.25, 0.3) is 0 Å². The van der Waals surface area contributed by atoms with Crippen molar-refractivity contribution >= 4 is 23.3 Å². The number of aromatic nitrogens is 1. The molecule has 1 fully saturated rings. The molecule has 38 heavy (non-hydrogen) atoms. The van der Waals surface area contributed by atoms with Crippen LogP contribution in [0, 0.1) is 0 Å². The molecule has 8 heteroatoms. The summed E-state index contributed by atoms with van der Waals surface area (Å²) in [5.74, 6) is 0.786. The normalized spacial score (nSPS) is 18.5. The molecule has 0 bridgehead atoms. The molecular formula is C30H34N4O4. The number of benzene rings is 2. The van der Waals surface area contributed by atoms with Crippen molar-refractivity contribution in [1.29, 1.82) is 0 Å². The van der Waals surface area contributed by atoms with Crippen LogP contribution in [0.3, 0.4) is 0 Å². The van der Waals surface area contributed by atoms with Gasteiger partial charge in [-0.05, 0) is 55.5 Å². The Kier molecular flexibility index (Phi) is 8.50. The summed E-state index contributed by atoms with van der Waals surface area (Å²) in [6, 6.07) is 21.4. The van der Waals surface area contributed by atoms with Crippen LogP contribution in [-0.2, 0) is 16.0 Å². The smallest absolute Gasteiger partial charge is 0.258 e. The number of hydrogen-bond donors (Lipinski definition) is 1. The molecule has 5 rings (SSSR count). The van der Waals surface area contributed by atoms with Gasteiger partial charge in [-0.2, -0.15) is 0 Å². The molecule has 0 radical (unpaired) electrons. The maximum atomic E-state index is 13.8. The van der Waals surface area contributed by atoms with E-state index in [4.69, 9.17) is 9.47 Å². The van der Waals surface area contributed by atoms with E-state index in [0.29, 0.717) is 55.7 Å². The summed E-state index contributed by atoms with van der Waals surface area (Å²) < 4.78 is 11.7. The molecule has 3 heterocycles. The van der Waals surface area contributed by atoms with Crippen LogP contribution in [0.1, 0.15) is 35.2 Å². The number of para-hydroxylation sites is 2. The molecule has 0 saturated carbocycles. The fraction of sp³-hybridized carbons (Fsp3) is 0.367. The molecule has 3 aromatic rings. The molecular weight excluding hydrogens is 480 g/mol. The first-order valence-electron chi connectivity index (χ1n) is 13.3. The van der Waals surface area contributed by atoms with Gasteiger partial charge in [-0.1, -0.05) is 42.5 Å². The van der Waals surface area contributed by atoms with Crippen LogP contribution < -0.4 is 10.1 Å². The third kappa shape index (κ3) is 6.31. The minimum atomic E-state index is -0.258. The minimum Gasteiger partial charge on any atom is -0.489 e. The SMILES string of the molecule is O=C1c2cccnc2Nc2ccccc2OCCOCCN1CC(=O)N1CCCCC1Cc1ccccc1. The summed E-state index contributed by atoms with van der Waals surface area (Å²) in [6.07, 6.45) is 5.50. The number of carbonyl (C=O) groups is 2. The lowest BCUT2D eigenvalue weighted by molar-refractivity contribution is -0.135. The third-order valence-corrected chi connectivity index (χ3v) is 7.04. The summed E-state index contributed by atoms with van der Waals surface area (Å²) in [6.45, 7) is 2.05. The number of nitrogens with zero attached hydrogens (tertiary/aromatic N) is 3. The molecule has 1 atom stereocenters. The lowest BCUT2D eigenvalue weighted by Crippen LogP contribution is -2.50. The first kappa shape index (κ1) is 25.7. The van der Waals surface area contributed by atoms with Crippen molar-refractivity contribution in [2.24, 2.45) is 0 Å². The number of hydrogen-bond acceptors (Lipinski definition) is 6. The first-order chi connectivity index (χ1) is 18.7. The van der Waals surface area contributed by atoms with Gasteiger partial charge in [0.25, 0.3) is 5.91 Å². The predicted molar refractivity (Wildman–Crippen MR) is 146 cm³/mol. The van der Waals surface area contributed by atoms with Crippen molar-refractivity contribution in [3.8, 4) is 5.75 Å². The first-order valence-corrected chi connectivity index (χ1v) is 13.3. The van der Waals surface area contributed by atoms with Crippen molar-refractivity contribution in [3.05, 3.63) is 84.1 Å². The predicted octanol–water partition coefficient (Wildman–Crippen LogP) is 4.30. The Balaban J connectivity index is 1.37. The molecule has 2 aromatic carbocycles. The number of carbonyl (C=O) groups excluding carboxylic acids is 2. The van der Waals surface area contributed by atoms with Crippen molar-refractivity contribution in [2.45, 2.75) is 31.7 Å². The van der Waals surface area contributed by atoms with Crippen molar-refractivity contribution < 1.29 is 19.1 Å². The number of amides is 2. The number of piperidine rings is 1. The number of fused-ring (bicyclic) bond motifs is 2. The Morgan fingerprint density at radius 2 is 1.79 bits per heavy atom. The van der Waals surface area contributed by atoms with Gasteiger partial charge in [0.15, 0.2) is 0 Å². The van der Waals surface area contributed by atoms with Gasteiger partial charge >= 0.3 is 0 Å². The summed E-state index contributed by atoms with van der Waals surface area (Å²) in [4.78, 5) is 35.5. The zero-order chi connectivity index (χ0) is 26.2. The monoisotopic (exact) mass is 514 g/mol. The van der Waals surface area contributed by atoms with Crippen LogP contribution in [0.4, 0.5) is 11.5 Å². The summed E-state index contributed by atoms with van der Waals surface area (Å²) in [7, 11) is 0. The van der Waals surface area contributed by atoms with Crippen molar-refractivity contribution in [1.82, 2.24) is 14.8 Å². The van der Waals surface area contributed by atoms with Gasteiger partial charge in [0, 0.05) is 25.3 Å². The van der Waals surface area contributed by atoms with Crippen LogP contribution in [-0.4, -0.2) is 72.1 Å². The second kappa shape index (κ2) is 12.6. The van der Waals surface area contributed by atoms with Crippen LogP contribution >= 0.6 is 0 Å². The van der Waals surface area contributed by atoms with Crippen LogP contribution in [0.2, 0.25) is 0 Å². The quantitative estimate of drug-likeness (QED) is 0.559. The van der Waals surface area contributed by atoms with Gasteiger partial charge in [-0.3, -0.25) is 9.59 Å². The van der Waals surface area contributed by atoms with E-state index in [1.54, 1.807) is 23.2 Å². The Hall–Kier alpha value is -3.91. The topological polar surface area (TPSA) is 84.0 Å². The highest BCUT2D eigenvalue weighted by molar-refractivity contribution is 6.01. The standard InChI is InChI=1S/C30H34N4O4/c35-28(34-16-7-6-11-24(34)21-23-9-2-1-3-10-23)22-33-17-18-37-19-20-38-27-14-5-4-13-26(27)32-29-25(30(33)36)12-8-15-31-29/h1-5,8-10,12-15,24H,6-7,11,16-22H2,(H,31,32). The molecule has 2 aliphatic heterocycles. The van der Waals surface area contributed by atoms with Crippen LogP contribution in [0.15, 0.2) is 72.9 Å². The lowest BCUT2D eigenvalue weighted by atomic mass is 9.95. The Labute approximate surface area is 223 Å². The van der Waals surface area contributed by atoms with E-state index in [-0.39, 0.29) is 24.4 Å². The highest BCUT2D eigenvalue weighted by atomic mass is 16.5.